The van der Waals surface area contributed by atoms with Crippen molar-refractivity contribution in [3.8, 4) is 27.7 Å². The van der Waals surface area contributed by atoms with Gasteiger partial charge in [-0.1, -0.05) is 28.9 Å². The van der Waals surface area contributed by atoms with E-state index in [1.54, 1.807) is 7.11 Å². The predicted octanol–water partition coefficient (Wildman–Crippen LogP) is 4.48. The third-order valence-electron chi connectivity index (χ3n) is 5.65. The number of ether oxygens (including phenoxy) is 1. The quantitative estimate of drug-likeness (QED) is 0.390. The third kappa shape index (κ3) is 4.96. The Morgan fingerprint density at radius 3 is 2.44 bits per heavy atom. The maximum absolute atomic E-state index is 13.0. The predicted molar refractivity (Wildman–Crippen MR) is 130 cm³/mol. The zero-order valence-electron chi connectivity index (χ0n) is 18.5. The van der Waals surface area contributed by atoms with E-state index in [-0.39, 0.29) is 5.91 Å². The first-order valence-corrected chi connectivity index (χ1v) is 12.0. The number of rotatable bonds is 6. The largest absolute Gasteiger partial charge is 0.497 e. The van der Waals surface area contributed by atoms with Crippen molar-refractivity contribution in [1.82, 2.24) is 24.9 Å². The van der Waals surface area contributed by atoms with Crippen LogP contribution in [0.4, 0.5) is 0 Å². The van der Waals surface area contributed by atoms with Gasteiger partial charge in [0.1, 0.15) is 16.5 Å². The molecule has 0 unspecified atom stereocenters. The van der Waals surface area contributed by atoms with E-state index in [2.05, 4.69) is 20.0 Å². The molecule has 1 aliphatic heterocycles. The lowest BCUT2D eigenvalue weighted by Gasteiger charge is -2.33. The van der Waals surface area contributed by atoms with Gasteiger partial charge in [0.15, 0.2) is 0 Å². The number of hydrogen-bond donors (Lipinski definition) is 0. The van der Waals surface area contributed by atoms with Crippen LogP contribution < -0.4 is 4.74 Å². The van der Waals surface area contributed by atoms with E-state index in [1.807, 2.05) is 58.8 Å². The fraction of sp³-hybridized carbons (Fsp3) is 0.250. The van der Waals surface area contributed by atoms with Crippen LogP contribution in [-0.2, 0) is 6.54 Å². The molecule has 8 nitrogen and oxygen atoms in total. The first-order valence-electron chi connectivity index (χ1n) is 10.8. The molecule has 0 atom stereocenters. The number of aromatic nitrogens is 3. The molecule has 0 aliphatic carbocycles. The molecule has 2 aromatic heterocycles. The molecule has 0 saturated carbocycles. The molecule has 0 spiro atoms. The number of halogens is 1. The van der Waals surface area contributed by atoms with Crippen LogP contribution in [0.5, 0.6) is 5.75 Å². The lowest BCUT2D eigenvalue weighted by Crippen LogP contribution is -2.48. The van der Waals surface area contributed by atoms with Crippen LogP contribution in [0.1, 0.15) is 16.4 Å². The van der Waals surface area contributed by atoms with E-state index in [4.69, 9.17) is 20.9 Å². The summed E-state index contributed by atoms with van der Waals surface area (Å²) in [4.78, 5) is 26.0. The number of thiazole rings is 1. The molecule has 1 fully saturated rings. The molecule has 34 heavy (non-hydrogen) atoms. The number of methoxy groups -OCH3 is 1. The van der Waals surface area contributed by atoms with Crippen LogP contribution >= 0.6 is 22.9 Å². The number of piperazine rings is 1. The Morgan fingerprint density at radius 2 is 1.74 bits per heavy atom. The summed E-state index contributed by atoms with van der Waals surface area (Å²) in [7, 11) is 1.63. The summed E-state index contributed by atoms with van der Waals surface area (Å²) in [6.45, 7) is 3.22. The van der Waals surface area contributed by atoms with Gasteiger partial charge in [-0.25, -0.2) is 4.98 Å². The highest BCUT2D eigenvalue weighted by molar-refractivity contribution is 7.13. The molecule has 4 aromatic rings. The highest BCUT2D eigenvalue weighted by atomic mass is 35.5. The van der Waals surface area contributed by atoms with E-state index in [0.717, 1.165) is 35.0 Å². The minimum Gasteiger partial charge on any atom is -0.497 e. The van der Waals surface area contributed by atoms with E-state index in [9.17, 15) is 4.79 Å². The summed E-state index contributed by atoms with van der Waals surface area (Å²) in [6.07, 6.45) is 0. The van der Waals surface area contributed by atoms with E-state index >= 15 is 0 Å². The van der Waals surface area contributed by atoms with Crippen molar-refractivity contribution in [3.05, 3.63) is 70.5 Å². The second-order valence-electron chi connectivity index (χ2n) is 7.85. The Bertz CT molecular complexity index is 1260. The fourth-order valence-electron chi connectivity index (χ4n) is 3.74. The Kier molecular flexibility index (Phi) is 6.57. The smallest absolute Gasteiger partial charge is 0.273 e. The first-order chi connectivity index (χ1) is 16.6. The van der Waals surface area contributed by atoms with Crippen molar-refractivity contribution in [2.24, 2.45) is 0 Å². The maximum atomic E-state index is 13.0. The molecule has 0 N–H and O–H groups in total. The first kappa shape index (κ1) is 22.5. The topological polar surface area (TPSA) is 84.6 Å². The normalized spacial score (nSPS) is 14.4. The molecule has 1 saturated heterocycles. The van der Waals surface area contributed by atoms with Crippen LogP contribution in [0.3, 0.4) is 0 Å². The molecular formula is C24H22ClN5O3S. The standard InChI is InChI=1S/C24H22ClN5O3S/c1-32-19-8-4-16(5-9-19)22-27-21(33-28-22)14-29-10-12-30(13-11-29)24(31)20-15-34-23(26-20)17-2-6-18(25)7-3-17/h2-9,15H,10-14H2,1H3. The molecule has 174 valence electrons. The summed E-state index contributed by atoms with van der Waals surface area (Å²) < 4.78 is 10.6. The lowest BCUT2D eigenvalue weighted by molar-refractivity contribution is 0.0610. The van der Waals surface area contributed by atoms with Crippen LogP contribution in [-0.4, -0.2) is 64.1 Å². The van der Waals surface area contributed by atoms with Gasteiger partial charge < -0.3 is 14.2 Å². The van der Waals surface area contributed by atoms with Gasteiger partial charge in [-0.15, -0.1) is 11.3 Å². The number of amides is 1. The Morgan fingerprint density at radius 1 is 1.03 bits per heavy atom. The van der Waals surface area contributed by atoms with Crippen LogP contribution in [0.2, 0.25) is 5.02 Å². The summed E-state index contributed by atoms with van der Waals surface area (Å²) in [5, 5.41) is 7.39. The van der Waals surface area contributed by atoms with Crippen molar-refractivity contribution in [2.45, 2.75) is 6.54 Å². The minimum absolute atomic E-state index is 0.0457. The van der Waals surface area contributed by atoms with Crippen molar-refractivity contribution in [2.75, 3.05) is 33.3 Å². The summed E-state index contributed by atoms with van der Waals surface area (Å²) in [6, 6.07) is 15.0. The number of carbonyl (C=O) groups excluding carboxylic acids is 1. The number of nitrogens with zero attached hydrogens (tertiary/aromatic N) is 5. The zero-order chi connectivity index (χ0) is 23.5. The Hall–Kier alpha value is -3.27. The van der Waals surface area contributed by atoms with Gasteiger partial charge in [0.25, 0.3) is 5.91 Å². The summed E-state index contributed by atoms with van der Waals surface area (Å²) >= 11 is 7.42. The van der Waals surface area contributed by atoms with Gasteiger partial charge in [-0.05, 0) is 36.4 Å². The van der Waals surface area contributed by atoms with Crippen molar-refractivity contribution >= 4 is 28.8 Å². The molecular weight excluding hydrogens is 474 g/mol. The summed E-state index contributed by atoms with van der Waals surface area (Å²) in [5.41, 5.74) is 2.30. The highest BCUT2D eigenvalue weighted by Gasteiger charge is 2.25. The van der Waals surface area contributed by atoms with E-state index in [0.29, 0.717) is 42.1 Å². The Balaban J connectivity index is 1.16. The molecule has 1 aliphatic rings. The second kappa shape index (κ2) is 9.92. The van der Waals surface area contributed by atoms with Crippen molar-refractivity contribution < 1.29 is 14.1 Å². The lowest BCUT2D eigenvalue weighted by atomic mass is 10.2. The monoisotopic (exact) mass is 495 g/mol. The van der Waals surface area contributed by atoms with Crippen LogP contribution in [0.25, 0.3) is 22.0 Å². The third-order valence-corrected chi connectivity index (χ3v) is 6.79. The molecule has 2 aromatic carbocycles. The fourth-order valence-corrected chi connectivity index (χ4v) is 4.66. The number of carbonyl (C=O) groups is 1. The highest BCUT2D eigenvalue weighted by Crippen LogP contribution is 2.26. The average molecular weight is 496 g/mol. The van der Waals surface area contributed by atoms with Gasteiger partial charge in [0, 0.05) is 47.7 Å². The van der Waals surface area contributed by atoms with Gasteiger partial charge in [0.2, 0.25) is 11.7 Å². The number of benzene rings is 2. The van der Waals surface area contributed by atoms with E-state index < -0.39 is 0 Å². The Labute approximate surface area is 205 Å². The van der Waals surface area contributed by atoms with Crippen molar-refractivity contribution in [3.63, 3.8) is 0 Å². The van der Waals surface area contributed by atoms with E-state index in [1.165, 1.54) is 11.3 Å². The van der Waals surface area contributed by atoms with Gasteiger partial charge in [-0.3, -0.25) is 9.69 Å². The molecule has 0 bridgehead atoms. The van der Waals surface area contributed by atoms with Crippen LogP contribution in [0.15, 0.2) is 58.4 Å². The summed E-state index contributed by atoms with van der Waals surface area (Å²) in [5.74, 6) is 1.83. The molecule has 1 amide bonds. The average Bonchev–Trinajstić information content (AvgIpc) is 3.55. The number of hydrogen-bond acceptors (Lipinski definition) is 8. The SMILES string of the molecule is COc1ccc(-c2noc(CN3CCN(C(=O)c4csc(-c5ccc(Cl)cc5)n4)CC3)n2)cc1. The van der Waals surface area contributed by atoms with Gasteiger partial charge in [-0.2, -0.15) is 4.98 Å². The molecule has 10 heteroatoms. The second-order valence-corrected chi connectivity index (χ2v) is 9.15. The molecule has 3 heterocycles. The molecule has 0 radical (unpaired) electrons. The maximum Gasteiger partial charge on any atom is 0.273 e. The minimum atomic E-state index is -0.0457. The zero-order valence-corrected chi connectivity index (χ0v) is 20.1. The van der Waals surface area contributed by atoms with Crippen molar-refractivity contribution in [1.29, 1.82) is 0 Å². The molecule has 5 rings (SSSR count). The van der Waals surface area contributed by atoms with Gasteiger partial charge in [0.05, 0.1) is 13.7 Å². The van der Waals surface area contributed by atoms with Gasteiger partial charge >= 0.3 is 0 Å². The van der Waals surface area contributed by atoms with Crippen LogP contribution in [0, 0.1) is 0 Å².